The smallest absolute Gasteiger partial charge is 0.355 e. The molecular formula is C18H20N4O4S. The van der Waals surface area contributed by atoms with Gasteiger partial charge in [0.15, 0.2) is 11.5 Å². The number of aromatic carboxylic acids is 1. The first kappa shape index (κ1) is 19.0. The second kappa shape index (κ2) is 8.72. The molecule has 0 spiro atoms. The second-order valence-corrected chi connectivity index (χ2v) is 7.22. The molecule has 1 aliphatic rings. The highest BCUT2D eigenvalue weighted by Crippen LogP contribution is 2.20. The third kappa shape index (κ3) is 4.88. The van der Waals surface area contributed by atoms with Crippen LogP contribution >= 0.6 is 11.3 Å². The van der Waals surface area contributed by atoms with Crippen LogP contribution in [0.2, 0.25) is 0 Å². The van der Waals surface area contributed by atoms with E-state index >= 15 is 0 Å². The molecule has 0 saturated carbocycles. The van der Waals surface area contributed by atoms with Crippen molar-refractivity contribution in [2.45, 2.75) is 19.3 Å². The molecule has 3 heterocycles. The van der Waals surface area contributed by atoms with Crippen LogP contribution in [0.3, 0.4) is 0 Å². The van der Waals surface area contributed by atoms with E-state index in [1.54, 1.807) is 29.3 Å². The molecule has 1 fully saturated rings. The molecule has 27 heavy (non-hydrogen) atoms. The highest BCUT2D eigenvalue weighted by Gasteiger charge is 2.29. The number of rotatable bonds is 6. The van der Waals surface area contributed by atoms with Crippen LogP contribution in [-0.2, 0) is 6.42 Å². The van der Waals surface area contributed by atoms with Crippen molar-refractivity contribution in [3.05, 3.63) is 46.2 Å². The highest BCUT2D eigenvalue weighted by molar-refractivity contribution is 7.09. The molecule has 142 valence electrons. The lowest BCUT2D eigenvalue weighted by Crippen LogP contribution is -2.47. The topological polar surface area (TPSA) is 112 Å². The van der Waals surface area contributed by atoms with Gasteiger partial charge in [0, 0.05) is 43.5 Å². The number of nitrogens with zero attached hydrogens (tertiary/aromatic N) is 3. The van der Waals surface area contributed by atoms with Crippen LogP contribution in [0.5, 0.6) is 0 Å². The quantitative estimate of drug-likeness (QED) is 0.733. The van der Waals surface area contributed by atoms with Crippen molar-refractivity contribution in [3.63, 3.8) is 0 Å². The Bertz CT molecular complexity index is 824. The zero-order chi connectivity index (χ0) is 19.2. The van der Waals surface area contributed by atoms with Crippen molar-refractivity contribution < 1.29 is 19.5 Å². The Morgan fingerprint density at radius 3 is 2.85 bits per heavy atom. The minimum Gasteiger partial charge on any atom is -0.476 e. The SMILES string of the molecule is O=C(O)c1csc(CCNC(=O)N2CCC[C@@H](C(=O)c3ccccn3)C2)n1. The number of Topliss-reactive ketones (excluding diaryl/α,β-unsaturated/α-hetero) is 1. The van der Waals surface area contributed by atoms with Crippen molar-refractivity contribution in [2.75, 3.05) is 19.6 Å². The van der Waals surface area contributed by atoms with Gasteiger partial charge in [0.2, 0.25) is 0 Å². The van der Waals surface area contributed by atoms with Crippen LogP contribution in [0.4, 0.5) is 4.79 Å². The van der Waals surface area contributed by atoms with Gasteiger partial charge < -0.3 is 15.3 Å². The number of aromatic nitrogens is 2. The second-order valence-electron chi connectivity index (χ2n) is 6.28. The first-order valence-electron chi connectivity index (χ1n) is 8.70. The van der Waals surface area contributed by atoms with Crippen molar-refractivity contribution in [2.24, 2.45) is 5.92 Å². The number of carbonyl (C=O) groups excluding carboxylic acids is 2. The van der Waals surface area contributed by atoms with E-state index in [0.29, 0.717) is 36.8 Å². The van der Waals surface area contributed by atoms with Crippen molar-refractivity contribution in [1.29, 1.82) is 0 Å². The summed E-state index contributed by atoms with van der Waals surface area (Å²) < 4.78 is 0. The summed E-state index contributed by atoms with van der Waals surface area (Å²) in [7, 11) is 0. The van der Waals surface area contributed by atoms with Gasteiger partial charge in [0.05, 0.1) is 5.01 Å². The number of urea groups is 1. The first-order chi connectivity index (χ1) is 13.0. The van der Waals surface area contributed by atoms with Gasteiger partial charge in [0.1, 0.15) is 5.69 Å². The van der Waals surface area contributed by atoms with E-state index in [1.165, 1.54) is 16.7 Å². The molecule has 2 aromatic rings. The summed E-state index contributed by atoms with van der Waals surface area (Å²) in [4.78, 5) is 45.5. The third-order valence-corrected chi connectivity index (χ3v) is 5.29. The highest BCUT2D eigenvalue weighted by atomic mass is 32.1. The number of carboxylic acids is 1. The lowest BCUT2D eigenvalue weighted by molar-refractivity contribution is 0.0690. The van der Waals surface area contributed by atoms with Crippen LogP contribution in [0.25, 0.3) is 0 Å². The molecule has 2 N–H and O–H groups in total. The summed E-state index contributed by atoms with van der Waals surface area (Å²) >= 11 is 1.26. The average molecular weight is 388 g/mol. The Morgan fingerprint density at radius 2 is 2.15 bits per heavy atom. The van der Waals surface area contributed by atoms with E-state index in [0.717, 1.165) is 12.8 Å². The summed E-state index contributed by atoms with van der Waals surface area (Å²) in [5, 5.41) is 13.8. The molecule has 3 rings (SSSR count). The molecule has 0 unspecified atom stereocenters. The van der Waals surface area contributed by atoms with E-state index in [4.69, 9.17) is 5.11 Å². The minimum atomic E-state index is -1.06. The van der Waals surface area contributed by atoms with Gasteiger partial charge in [-0.2, -0.15) is 0 Å². The lowest BCUT2D eigenvalue weighted by atomic mass is 9.92. The predicted octanol–water partition coefficient (Wildman–Crippen LogP) is 2.08. The predicted molar refractivity (Wildman–Crippen MR) is 99.0 cm³/mol. The third-order valence-electron chi connectivity index (χ3n) is 4.38. The van der Waals surface area contributed by atoms with Gasteiger partial charge in [0.25, 0.3) is 0 Å². The largest absolute Gasteiger partial charge is 0.476 e. The molecule has 9 heteroatoms. The summed E-state index contributed by atoms with van der Waals surface area (Å²) in [5.41, 5.74) is 0.455. The normalized spacial score (nSPS) is 16.7. The van der Waals surface area contributed by atoms with Gasteiger partial charge in [-0.05, 0) is 25.0 Å². The van der Waals surface area contributed by atoms with Gasteiger partial charge in [-0.3, -0.25) is 9.78 Å². The van der Waals surface area contributed by atoms with E-state index in [9.17, 15) is 14.4 Å². The number of carbonyl (C=O) groups is 3. The summed E-state index contributed by atoms with van der Waals surface area (Å²) in [6.45, 7) is 1.35. The molecule has 0 aliphatic carbocycles. The molecule has 1 saturated heterocycles. The van der Waals surface area contributed by atoms with Gasteiger partial charge in [-0.25, -0.2) is 14.6 Å². The monoisotopic (exact) mass is 388 g/mol. The number of pyridine rings is 1. The number of nitrogens with one attached hydrogen (secondary N) is 1. The average Bonchev–Trinajstić information content (AvgIpc) is 3.17. The van der Waals surface area contributed by atoms with Crippen LogP contribution in [0.1, 0.15) is 38.8 Å². The Hall–Kier alpha value is -2.81. The molecule has 8 nitrogen and oxygen atoms in total. The van der Waals surface area contributed by atoms with Crippen molar-refractivity contribution in [3.8, 4) is 0 Å². The zero-order valence-corrected chi connectivity index (χ0v) is 15.4. The van der Waals surface area contributed by atoms with Crippen molar-refractivity contribution >= 4 is 29.1 Å². The fourth-order valence-corrected chi connectivity index (χ4v) is 3.78. The summed E-state index contributed by atoms with van der Waals surface area (Å²) in [6, 6.07) is 5.02. The van der Waals surface area contributed by atoms with E-state index in [1.807, 2.05) is 0 Å². The molecule has 0 radical (unpaired) electrons. The van der Waals surface area contributed by atoms with Crippen molar-refractivity contribution in [1.82, 2.24) is 20.2 Å². The Kier molecular flexibility index (Phi) is 6.12. The van der Waals surface area contributed by atoms with Gasteiger partial charge in [-0.15, -0.1) is 11.3 Å². The van der Waals surface area contributed by atoms with Crippen LogP contribution in [0.15, 0.2) is 29.8 Å². The molecule has 0 bridgehead atoms. The number of likely N-dealkylation sites (tertiary alicyclic amines) is 1. The molecule has 2 amide bonds. The molecule has 1 atom stereocenters. The van der Waals surface area contributed by atoms with Crippen LogP contribution in [-0.4, -0.2) is 57.4 Å². The standard InChI is InChI=1S/C18H20N4O4S/c23-16(13-5-1-2-7-19-13)12-4-3-9-22(10-12)18(26)20-8-6-15-21-14(11-27-15)17(24)25/h1-2,5,7,11-12H,3-4,6,8-10H2,(H,20,26)(H,24,25)/t12-/m1/s1. The minimum absolute atomic E-state index is 0.0215. The molecule has 0 aromatic carbocycles. The maximum absolute atomic E-state index is 12.5. The van der Waals surface area contributed by atoms with Gasteiger partial charge in [-0.1, -0.05) is 6.07 Å². The van der Waals surface area contributed by atoms with Gasteiger partial charge >= 0.3 is 12.0 Å². The number of hydrogen-bond donors (Lipinski definition) is 2. The number of hydrogen-bond acceptors (Lipinski definition) is 6. The summed E-state index contributed by atoms with van der Waals surface area (Å²) in [6.07, 6.45) is 3.57. The summed E-state index contributed by atoms with van der Waals surface area (Å²) in [5.74, 6) is -1.33. The maximum Gasteiger partial charge on any atom is 0.355 e. The lowest BCUT2D eigenvalue weighted by Gasteiger charge is -2.31. The van der Waals surface area contributed by atoms with E-state index in [-0.39, 0.29) is 23.4 Å². The molecule has 2 aromatic heterocycles. The molecular weight excluding hydrogens is 368 g/mol. The number of piperidine rings is 1. The fourth-order valence-electron chi connectivity index (χ4n) is 3.01. The zero-order valence-electron chi connectivity index (χ0n) is 14.6. The number of amides is 2. The van der Waals surface area contributed by atoms with Crippen LogP contribution in [0, 0.1) is 5.92 Å². The number of carboxylic acid groups (broad SMARTS) is 1. The Labute approximate surface area is 160 Å². The fraction of sp³-hybridized carbons (Fsp3) is 0.389. The van der Waals surface area contributed by atoms with E-state index < -0.39 is 5.97 Å². The Balaban J connectivity index is 1.49. The first-order valence-corrected chi connectivity index (χ1v) is 9.58. The number of ketones is 1. The van der Waals surface area contributed by atoms with Crippen LogP contribution < -0.4 is 5.32 Å². The maximum atomic E-state index is 12.5. The number of thiazole rings is 1. The Morgan fingerprint density at radius 1 is 1.30 bits per heavy atom. The molecule has 1 aliphatic heterocycles. The van der Waals surface area contributed by atoms with E-state index in [2.05, 4.69) is 15.3 Å².